The number of carbonyl (C=O) groups excluding carboxylic acids is 1. The van der Waals surface area contributed by atoms with Gasteiger partial charge >= 0.3 is 0 Å². The topological polar surface area (TPSA) is 41.6 Å². The smallest absolute Gasteiger partial charge is 0.233 e. The number of amides is 1. The number of piperidine rings is 1. The van der Waals surface area contributed by atoms with E-state index in [2.05, 4.69) is 22.3 Å². The van der Waals surface area contributed by atoms with E-state index in [0.717, 1.165) is 62.9 Å². The van der Waals surface area contributed by atoms with Gasteiger partial charge in [0, 0.05) is 19.1 Å². The molecule has 1 aliphatic carbocycles. The highest BCUT2D eigenvalue weighted by Gasteiger charge is 2.45. The van der Waals surface area contributed by atoms with Crippen molar-refractivity contribution >= 4 is 18.3 Å². The van der Waals surface area contributed by atoms with Crippen LogP contribution in [0.4, 0.5) is 0 Å². The molecule has 2 fully saturated rings. The van der Waals surface area contributed by atoms with Crippen molar-refractivity contribution in [3.63, 3.8) is 0 Å². The lowest BCUT2D eigenvalue weighted by Crippen LogP contribution is -2.50. The van der Waals surface area contributed by atoms with Crippen molar-refractivity contribution in [2.24, 2.45) is 0 Å². The van der Waals surface area contributed by atoms with Crippen LogP contribution in [0.1, 0.15) is 44.1 Å². The van der Waals surface area contributed by atoms with Crippen molar-refractivity contribution in [3.8, 4) is 5.75 Å². The highest BCUT2D eigenvalue weighted by molar-refractivity contribution is 5.89. The monoisotopic (exact) mass is 352 g/mol. The van der Waals surface area contributed by atoms with E-state index in [1.165, 1.54) is 0 Å². The summed E-state index contributed by atoms with van der Waals surface area (Å²) in [5.41, 5.74) is 0.802. The van der Waals surface area contributed by atoms with Crippen LogP contribution < -0.4 is 10.1 Å². The molecule has 5 heteroatoms. The van der Waals surface area contributed by atoms with Gasteiger partial charge < -0.3 is 15.0 Å². The lowest BCUT2D eigenvalue weighted by molar-refractivity contribution is -0.138. The molecule has 1 amide bonds. The van der Waals surface area contributed by atoms with Crippen LogP contribution in [-0.2, 0) is 10.2 Å². The summed E-state index contributed by atoms with van der Waals surface area (Å²) in [7, 11) is 3.70. The summed E-state index contributed by atoms with van der Waals surface area (Å²) in [5, 5.41) is 3.33. The number of hydrogen-bond donors (Lipinski definition) is 1. The molecule has 1 heterocycles. The van der Waals surface area contributed by atoms with Gasteiger partial charge in [-0.15, -0.1) is 12.4 Å². The summed E-state index contributed by atoms with van der Waals surface area (Å²) in [6, 6.07) is 8.68. The first-order valence-electron chi connectivity index (χ1n) is 8.81. The second kappa shape index (κ2) is 8.21. The first-order valence-corrected chi connectivity index (χ1v) is 8.81. The van der Waals surface area contributed by atoms with Crippen LogP contribution in [0, 0.1) is 0 Å². The highest BCUT2D eigenvalue weighted by Crippen LogP contribution is 2.43. The number of carbonyl (C=O) groups is 1. The lowest BCUT2D eigenvalue weighted by atomic mass is 9.77. The van der Waals surface area contributed by atoms with E-state index in [1.807, 2.05) is 19.2 Å². The van der Waals surface area contributed by atoms with Crippen LogP contribution >= 0.6 is 12.4 Å². The van der Waals surface area contributed by atoms with Gasteiger partial charge in [-0.3, -0.25) is 4.79 Å². The Labute approximate surface area is 151 Å². The van der Waals surface area contributed by atoms with Gasteiger partial charge in [-0.05, 0) is 50.4 Å². The Kier molecular flexibility index (Phi) is 6.53. The predicted molar refractivity (Wildman–Crippen MR) is 99.0 cm³/mol. The molecule has 1 aliphatic heterocycles. The van der Waals surface area contributed by atoms with E-state index in [9.17, 15) is 4.79 Å². The van der Waals surface area contributed by atoms with E-state index >= 15 is 0 Å². The minimum Gasteiger partial charge on any atom is -0.497 e. The summed E-state index contributed by atoms with van der Waals surface area (Å²) in [6.45, 7) is 1.74. The zero-order valence-corrected chi connectivity index (χ0v) is 15.5. The third kappa shape index (κ3) is 3.55. The summed E-state index contributed by atoms with van der Waals surface area (Å²) in [6.07, 6.45) is 6.30. The molecule has 1 aromatic rings. The Bertz CT molecular complexity index is 550. The number of nitrogens with zero attached hydrogens (tertiary/aromatic N) is 1. The zero-order chi connectivity index (χ0) is 16.3. The molecule has 0 unspecified atom stereocenters. The number of nitrogens with one attached hydrogen (secondary N) is 1. The molecule has 3 rings (SSSR count). The number of rotatable bonds is 4. The van der Waals surface area contributed by atoms with Gasteiger partial charge in [-0.1, -0.05) is 25.0 Å². The number of methoxy groups -OCH3 is 1. The highest BCUT2D eigenvalue weighted by atomic mass is 35.5. The molecule has 0 aromatic heterocycles. The van der Waals surface area contributed by atoms with Crippen molar-refractivity contribution in [1.82, 2.24) is 10.2 Å². The summed E-state index contributed by atoms with van der Waals surface area (Å²) in [5.74, 6) is 1.17. The quantitative estimate of drug-likeness (QED) is 0.905. The first-order chi connectivity index (χ1) is 11.2. The molecule has 134 valence electrons. The summed E-state index contributed by atoms with van der Waals surface area (Å²) < 4.78 is 5.38. The molecule has 0 bridgehead atoms. The molecule has 2 aliphatic rings. The number of benzene rings is 1. The molecule has 1 saturated carbocycles. The molecule has 0 spiro atoms. The fraction of sp³-hybridized carbons (Fsp3) is 0.632. The van der Waals surface area contributed by atoms with E-state index in [4.69, 9.17) is 4.74 Å². The van der Waals surface area contributed by atoms with Crippen LogP contribution in [0.5, 0.6) is 5.75 Å². The van der Waals surface area contributed by atoms with Crippen LogP contribution in [0.2, 0.25) is 0 Å². The van der Waals surface area contributed by atoms with Gasteiger partial charge in [0.25, 0.3) is 0 Å². The maximum Gasteiger partial charge on any atom is 0.233 e. The van der Waals surface area contributed by atoms with Crippen LogP contribution in [0.15, 0.2) is 24.3 Å². The number of likely N-dealkylation sites (tertiary alicyclic amines) is 1. The Morgan fingerprint density at radius 2 is 1.92 bits per heavy atom. The minimum absolute atomic E-state index is 0. The minimum atomic E-state index is -0.332. The Morgan fingerprint density at radius 1 is 1.25 bits per heavy atom. The Morgan fingerprint density at radius 3 is 2.50 bits per heavy atom. The van der Waals surface area contributed by atoms with Gasteiger partial charge in [-0.2, -0.15) is 0 Å². The fourth-order valence-corrected chi connectivity index (χ4v) is 4.20. The summed E-state index contributed by atoms with van der Waals surface area (Å²) in [4.78, 5) is 15.5. The van der Waals surface area contributed by atoms with Crippen molar-refractivity contribution in [2.75, 3.05) is 27.2 Å². The van der Waals surface area contributed by atoms with Crippen molar-refractivity contribution in [1.29, 1.82) is 0 Å². The van der Waals surface area contributed by atoms with Crippen molar-refractivity contribution < 1.29 is 9.53 Å². The van der Waals surface area contributed by atoms with E-state index < -0.39 is 0 Å². The van der Waals surface area contributed by atoms with Crippen LogP contribution in [0.25, 0.3) is 0 Å². The summed E-state index contributed by atoms with van der Waals surface area (Å²) >= 11 is 0. The van der Waals surface area contributed by atoms with Crippen LogP contribution in [0.3, 0.4) is 0 Å². The number of halogens is 1. The third-order valence-electron chi connectivity index (χ3n) is 5.68. The van der Waals surface area contributed by atoms with Crippen molar-refractivity contribution in [2.45, 2.75) is 50.0 Å². The lowest BCUT2D eigenvalue weighted by Gasteiger charge is -2.39. The van der Waals surface area contributed by atoms with Crippen LogP contribution in [-0.4, -0.2) is 44.1 Å². The molecule has 4 nitrogen and oxygen atoms in total. The molecule has 0 atom stereocenters. The number of hydrogen-bond acceptors (Lipinski definition) is 3. The SMILES string of the molecule is CNC1CCN(C(=O)C2(c3cccc(OC)c3)CCCC2)CC1.Cl. The third-order valence-corrected chi connectivity index (χ3v) is 5.68. The van der Waals surface area contributed by atoms with Gasteiger partial charge in [0.2, 0.25) is 5.91 Å². The molecule has 1 saturated heterocycles. The maximum absolute atomic E-state index is 13.4. The predicted octanol–water partition coefficient (Wildman–Crippen LogP) is 3.14. The maximum atomic E-state index is 13.4. The van der Waals surface area contributed by atoms with Gasteiger partial charge in [0.15, 0.2) is 0 Å². The Hall–Kier alpha value is -1.26. The van der Waals surface area contributed by atoms with E-state index in [-0.39, 0.29) is 17.8 Å². The molecule has 0 radical (unpaired) electrons. The number of ether oxygens (including phenoxy) is 1. The van der Waals surface area contributed by atoms with Gasteiger partial charge in [-0.25, -0.2) is 0 Å². The van der Waals surface area contributed by atoms with E-state index in [0.29, 0.717) is 11.9 Å². The Balaban J connectivity index is 0.00000208. The largest absolute Gasteiger partial charge is 0.497 e. The average molecular weight is 353 g/mol. The fourth-order valence-electron chi connectivity index (χ4n) is 4.20. The zero-order valence-electron chi connectivity index (χ0n) is 14.7. The van der Waals surface area contributed by atoms with Gasteiger partial charge in [0.1, 0.15) is 5.75 Å². The first kappa shape index (κ1) is 19.1. The van der Waals surface area contributed by atoms with E-state index in [1.54, 1.807) is 7.11 Å². The standard InChI is InChI=1S/C19H28N2O2.ClH/c1-20-16-8-12-21(13-9-16)18(22)19(10-3-4-11-19)15-6-5-7-17(14-15)23-2;/h5-7,14,16,20H,3-4,8-13H2,1-2H3;1H. The molecule has 1 N–H and O–H groups in total. The molecule has 1 aromatic carbocycles. The normalized spacial score (nSPS) is 20.5. The van der Waals surface area contributed by atoms with Crippen molar-refractivity contribution in [3.05, 3.63) is 29.8 Å². The molecular formula is C19H29ClN2O2. The molecule has 24 heavy (non-hydrogen) atoms. The molecular weight excluding hydrogens is 324 g/mol. The second-order valence-corrected chi connectivity index (χ2v) is 6.88. The van der Waals surface area contributed by atoms with Gasteiger partial charge in [0.05, 0.1) is 12.5 Å². The average Bonchev–Trinajstić information content (AvgIpc) is 3.12. The second-order valence-electron chi connectivity index (χ2n) is 6.88.